The lowest BCUT2D eigenvalue weighted by Gasteiger charge is -1.97. The summed E-state index contributed by atoms with van der Waals surface area (Å²) < 4.78 is 5.22. The fraction of sp³-hybridized carbons (Fsp3) is 0.875. The molecule has 1 heterocycles. The van der Waals surface area contributed by atoms with Crippen molar-refractivity contribution in [1.82, 2.24) is 0 Å². The van der Waals surface area contributed by atoms with Gasteiger partial charge in [0.1, 0.15) is 0 Å². The first-order valence-corrected chi connectivity index (χ1v) is 4.09. The number of hydrogen-bond acceptors (Lipinski definition) is 3. The van der Waals surface area contributed by atoms with E-state index in [-0.39, 0.29) is 12.5 Å². The van der Waals surface area contributed by atoms with Crippen LogP contribution in [0.4, 0.5) is 0 Å². The third-order valence-corrected chi connectivity index (χ3v) is 1.89. The van der Waals surface area contributed by atoms with Crippen molar-refractivity contribution in [3.8, 4) is 0 Å². The van der Waals surface area contributed by atoms with Gasteiger partial charge in [-0.2, -0.15) is 0 Å². The molecule has 0 aromatic rings. The topological polar surface area (TPSA) is 52.7 Å². The molecule has 0 radical (unpaired) electrons. The minimum atomic E-state index is -0.976. The van der Waals surface area contributed by atoms with Gasteiger partial charge in [0.05, 0.1) is 12.2 Å². The Balaban J connectivity index is 2.00. The van der Waals surface area contributed by atoms with Crippen LogP contribution in [0.15, 0.2) is 0 Å². The van der Waals surface area contributed by atoms with E-state index in [0.29, 0.717) is 12.5 Å². The zero-order valence-electron chi connectivity index (χ0n) is 6.71. The van der Waals surface area contributed by atoms with Gasteiger partial charge in [-0.05, 0) is 19.3 Å². The Hall–Kier alpha value is -0.570. The fourth-order valence-electron chi connectivity index (χ4n) is 1.23. The van der Waals surface area contributed by atoms with Crippen LogP contribution in [0.5, 0.6) is 0 Å². The van der Waals surface area contributed by atoms with E-state index in [4.69, 9.17) is 4.74 Å². The van der Waals surface area contributed by atoms with Crippen LogP contribution in [-0.2, 0) is 9.53 Å². The molecule has 0 aliphatic carbocycles. The normalized spacial score (nSPS) is 28.5. The van der Waals surface area contributed by atoms with Gasteiger partial charge in [-0.1, -0.05) is 13.3 Å². The smallest absolute Gasteiger partial charge is 0.0845 e. The van der Waals surface area contributed by atoms with E-state index in [1.54, 1.807) is 0 Å². The minimum absolute atomic E-state index is 0.130. The summed E-state index contributed by atoms with van der Waals surface area (Å²) >= 11 is 0. The molecular weight excluding hydrogens is 144 g/mol. The maximum absolute atomic E-state index is 10.0. The van der Waals surface area contributed by atoms with Crippen LogP contribution in [0.2, 0.25) is 0 Å². The van der Waals surface area contributed by atoms with Crippen LogP contribution >= 0.6 is 0 Å². The summed E-state index contributed by atoms with van der Waals surface area (Å²) in [5.74, 6) is -0.976. The Morgan fingerprint density at radius 1 is 1.45 bits per heavy atom. The van der Waals surface area contributed by atoms with Gasteiger partial charge in [-0.15, -0.1) is 0 Å². The summed E-state index contributed by atoms with van der Waals surface area (Å²) in [7, 11) is 0. The molecule has 0 aromatic carbocycles. The fourth-order valence-corrected chi connectivity index (χ4v) is 1.23. The van der Waals surface area contributed by atoms with Crippen LogP contribution < -0.4 is 5.11 Å². The first-order chi connectivity index (χ1) is 5.24. The first kappa shape index (κ1) is 8.53. The third kappa shape index (κ3) is 2.89. The molecule has 0 bridgehead atoms. The molecule has 0 spiro atoms. The number of rotatable bonds is 5. The van der Waals surface area contributed by atoms with Crippen molar-refractivity contribution in [3.05, 3.63) is 0 Å². The van der Waals surface area contributed by atoms with Crippen molar-refractivity contribution >= 4 is 5.97 Å². The van der Waals surface area contributed by atoms with E-state index in [1.165, 1.54) is 0 Å². The SMILES string of the molecule is CCCC1OC1CCC(=O)[O-]. The number of aliphatic carboxylic acids is 1. The number of carboxylic acid groups (broad SMARTS) is 1. The third-order valence-electron chi connectivity index (χ3n) is 1.89. The van der Waals surface area contributed by atoms with Crippen molar-refractivity contribution < 1.29 is 14.6 Å². The van der Waals surface area contributed by atoms with Gasteiger partial charge in [0.25, 0.3) is 0 Å². The molecule has 64 valence electrons. The lowest BCUT2D eigenvalue weighted by atomic mass is 10.1. The second-order valence-electron chi connectivity index (χ2n) is 2.91. The molecule has 1 rings (SSSR count). The molecule has 11 heavy (non-hydrogen) atoms. The number of ether oxygens (including phenoxy) is 1. The van der Waals surface area contributed by atoms with Gasteiger partial charge in [0.15, 0.2) is 0 Å². The molecule has 0 amide bonds. The highest BCUT2D eigenvalue weighted by Gasteiger charge is 2.36. The number of hydrogen-bond donors (Lipinski definition) is 0. The van der Waals surface area contributed by atoms with Gasteiger partial charge in [0.2, 0.25) is 0 Å². The van der Waals surface area contributed by atoms with E-state index in [0.717, 1.165) is 12.8 Å². The highest BCUT2D eigenvalue weighted by molar-refractivity contribution is 5.64. The molecule has 1 fully saturated rings. The zero-order chi connectivity index (χ0) is 8.27. The quantitative estimate of drug-likeness (QED) is 0.531. The maximum atomic E-state index is 10.0. The van der Waals surface area contributed by atoms with E-state index in [1.807, 2.05) is 0 Å². The molecule has 1 saturated heterocycles. The minimum Gasteiger partial charge on any atom is -0.550 e. The van der Waals surface area contributed by atoms with Crippen molar-refractivity contribution in [1.29, 1.82) is 0 Å². The number of carbonyl (C=O) groups excluding carboxylic acids is 1. The van der Waals surface area contributed by atoms with Gasteiger partial charge >= 0.3 is 0 Å². The van der Waals surface area contributed by atoms with Crippen LogP contribution in [0.25, 0.3) is 0 Å². The average molecular weight is 157 g/mol. The summed E-state index contributed by atoms with van der Waals surface area (Å²) in [6.45, 7) is 2.09. The highest BCUT2D eigenvalue weighted by Crippen LogP contribution is 2.29. The van der Waals surface area contributed by atoms with Gasteiger partial charge in [0, 0.05) is 5.97 Å². The Bertz CT molecular complexity index is 144. The summed E-state index contributed by atoms with van der Waals surface area (Å²) in [5, 5.41) is 10.0. The Morgan fingerprint density at radius 2 is 2.09 bits per heavy atom. The molecule has 2 atom stereocenters. The molecule has 0 saturated carbocycles. The molecule has 1 aliphatic rings. The predicted octanol–water partition coefficient (Wildman–Crippen LogP) is 0.0840. The van der Waals surface area contributed by atoms with Crippen LogP contribution in [0.3, 0.4) is 0 Å². The highest BCUT2D eigenvalue weighted by atomic mass is 16.6. The monoisotopic (exact) mass is 157 g/mol. The lowest BCUT2D eigenvalue weighted by Crippen LogP contribution is -2.22. The predicted molar refractivity (Wildman–Crippen MR) is 37.8 cm³/mol. The van der Waals surface area contributed by atoms with E-state index in [9.17, 15) is 9.90 Å². The van der Waals surface area contributed by atoms with E-state index >= 15 is 0 Å². The van der Waals surface area contributed by atoms with Gasteiger partial charge in [-0.25, -0.2) is 0 Å². The Morgan fingerprint density at radius 3 is 2.64 bits per heavy atom. The molecule has 1 aliphatic heterocycles. The number of carbonyl (C=O) groups is 1. The molecule has 3 nitrogen and oxygen atoms in total. The molecule has 2 unspecified atom stereocenters. The van der Waals surface area contributed by atoms with Crippen LogP contribution in [0.1, 0.15) is 32.6 Å². The van der Waals surface area contributed by atoms with E-state index < -0.39 is 5.97 Å². The largest absolute Gasteiger partial charge is 0.550 e. The molecular formula is C8H13O3-. The summed E-state index contributed by atoms with van der Waals surface area (Å²) in [4.78, 5) is 10.0. The second kappa shape index (κ2) is 3.72. The van der Waals surface area contributed by atoms with Crippen LogP contribution in [-0.4, -0.2) is 18.2 Å². The Kier molecular flexibility index (Phi) is 2.88. The summed E-state index contributed by atoms with van der Waals surface area (Å²) in [6.07, 6.45) is 3.44. The maximum Gasteiger partial charge on any atom is 0.0845 e. The summed E-state index contributed by atoms with van der Waals surface area (Å²) in [6, 6.07) is 0. The number of epoxide rings is 1. The number of carboxylic acids is 1. The van der Waals surface area contributed by atoms with Crippen molar-refractivity contribution in [2.24, 2.45) is 0 Å². The summed E-state index contributed by atoms with van der Waals surface area (Å²) in [5.41, 5.74) is 0. The van der Waals surface area contributed by atoms with Crippen molar-refractivity contribution in [2.75, 3.05) is 0 Å². The van der Waals surface area contributed by atoms with E-state index in [2.05, 4.69) is 6.92 Å². The van der Waals surface area contributed by atoms with Crippen molar-refractivity contribution in [3.63, 3.8) is 0 Å². The molecule has 0 N–H and O–H groups in total. The molecule has 0 aromatic heterocycles. The average Bonchev–Trinajstić information content (AvgIpc) is 2.64. The standard InChI is InChI=1S/C8H14O3/c1-2-3-6-7(11-6)4-5-8(9)10/h6-7H,2-5H2,1H3,(H,9,10)/p-1. The molecule has 3 heteroatoms. The van der Waals surface area contributed by atoms with Gasteiger partial charge < -0.3 is 14.6 Å². The second-order valence-corrected chi connectivity index (χ2v) is 2.91. The van der Waals surface area contributed by atoms with Gasteiger partial charge in [-0.3, -0.25) is 0 Å². The first-order valence-electron chi connectivity index (χ1n) is 4.09. The van der Waals surface area contributed by atoms with Crippen molar-refractivity contribution in [2.45, 2.75) is 44.8 Å². The Labute approximate surface area is 66.4 Å². The zero-order valence-corrected chi connectivity index (χ0v) is 6.71. The lowest BCUT2D eigenvalue weighted by molar-refractivity contribution is -0.305. The van der Waals surface area contributed by atoms with Crippen LogP contribution in [0, 0.1) is 0 Å².